The topological polar surface area (TPSA) is 46.1 Å². The Bertz CT molecular complexity index is 743. The molecule has 0 bridgehead atoms. The van der Waals surface area contributed by atoms with Crippen molar-refractivity contribution in [2.75, 3.05) is 13.1 Å². The van der Waals surface area contributed by atoms with Crippen molar-refractivity contribution in [3.8, 4) is 0 Å². The zero-order valence-electron chi connectivity index (χ0n) is 14.3. The smallest absolute Gasteiger partial charge is 0.257 e. The van der Waals surface area contributed by atoms with E-state index in [0.717, 1.165) is 43.9 Å². The van der Waals surface area contributed by atoms with Crippen LogP contribution in [0.4, 0.5) is 0 Å². The van der Waals surface area contributed by atoms with Gasteiger partial charge in [0, 0.05) is 19.3 Å². The van der Waals surface area contributed by atoms with E-state index in [9.17, 15) is 4.79 Å². The number of likely N-dealkylation sites (tertiary alicyclic amines) is 1. The number of aromatic nitrogens is 2. The predicted octanol–water partition coefficient (Wildman–Crippen LogP) is 3.67. The van der Waals surface area contributed by atoms with E-state index in [1.54, 1.807) is 6.20 Å². The molecule has 0 saturated carbocycles. The summed E-state index contributed by atoms with van der Waals surface area (Å²) in [5, 5.41) is 0. The molecule has 124 valence electrons. The normalized spacial score (nSPS) is 14.6. The molecule has 1 aliphatic heterocycles. The van der Waals surface area contributed by atoms with E-state index < -0.39 is 0 Å². The van der Waals surface area contributed by atoms with E-state index >= 15 is 0 Å². The van der Waals surface area contributed by atoms with Crippen LogP contribution in [0, 0.1) is 6.92 Å². The minimum atomic E-state index is 0.0608. The summed E-state index contributed by atoms with van der Waals surface area (Å²) in [5.74, 6) is 0.778. The lowest BCUT2D eigenvalue weighted by Crippen LogP contribution is -2.37. The van der Waals surface area contributed by atoms with Crippen LogP contribution < -0.4 is 0 Å². The van der Waals surface area contributed by atoms with Crippen LogP contribution in [-0.4, -0.2) is 33.9 Å². The maximum absolute atomic E-state index is 12.8. The molecule has 1 aromatic carbocycles. The van der Waals surface area contributed by atoms with E-state index in [-0.39, 0.29) is 5.91 Å². The zero-order valence-corrected chi connectivity index (χ0v) is 14.3. The van der Waals surface area contributed by atoms with Gasteiger partial charge >= 0.3 is 0 Å². The van der Waals surface area contributed by atoms with E-state index in [1.165, 1.54) is 11.1 Å². The van der Waals surface area contributed by atoms with Crippen molar-refractivity contribution in [3.05, 3.63) is 64.7 Å². The van der Waals surface area contributed by atoms with Crippen molar-refractivity contribution in [3.63, 3.8) is 0 Å². The van der Waals surface area contributed by atoms with Crippen LogP contribution in [0.1, 0.15) is 47.2 Å². The Labute approximate surface area is 143 Å². The van der Waals surface area contributed by atoms with Gasteiger partial charge in [-0.3, -0.25) is 4.79 Å². The summed E-state index contributed by atoms with van der Waals surface area (Å²) in [6, 6.07) is 10.4. The van der Waals surface area contributed by atoms with Gasteiger partial charge in [0.25, 0.3) is 5.91 Å². The van der Waals surface area contributed by atoms with Gasteiger partial charge in [0.2, 0.25) is 0 Å². The van der Waals surface area contributed by atoms with E-state index in [2.05, 4.69) is 40.3 Å². The fourth-order valence-corrected chi connectivity index (χ4v) is 3.06. The lowest BCUT2D eigenvalue weighted by Gasteiger charge is -2.29. The van der Waals surface area contributed by atoms with Gasteiger partial charge in [-0.15, -0.1) is 0 Å². The molecule has 24 heavy (non-hydrogen) atoms. The summed E-state index contributed by atoms with van der Waals surface area (Å²) < 4.78 is 0. The number of benzene rings is 1. The Morgan fingerprint density at radius 3 is 2.58 bits per heavy atom. The summed E-state index contributed by atoms with van der Waals surface area (Å²) in [5.41, 5.74) is 4.13. The number of hydrogen-bond donors (Lipinski definition) is 0. The minimum absolute atomic E-state index is 0.0608. The molecule has 0 aliphatic carbocycles. The Balaban J connectivity index is 1.68. The highest BCUT2D eigenvalue weighted by molar-refractivity contribution is 5.95. The molecule has 0 spiro atoms. The van der Waals surface area contributed by atoms with Gasteiger partial charge < -0.3 is 4.90 Å². The van der Waals surface area contributed by atoms with E-state index in [0.29, 0.717) is 5.56 Å². The molecule has 1 aromatic heterocycles. The van der Waals surface area contributed by atoms with Gasteiger partial charge in [-0.05, 0) is 31.7 Å². The Kier molecular flexibility index (Phi) is 5.04. The van der Waals surface area contributed by atoms with Crippen molar-refractivity contribution in [2.24, 2.45) is 0 Å². The van der Waals surface area contributed by atoms with Crippen molar-refractivity contribution in [1.82, 2.24) is 14.9 Å². The number of rotatable bonds is 3. The number of nitrogens with zero attached hydrogens (tertiary/aromatic N) is 3. The third-order valence-electron chi connectivity index (χ3n) is 4.42. The van der Waals surface area contributed by atoms with Crippen molar-refractivity contribution in [2.45, 2.75) is 33.1 Å². The summed E-state index contributed by atoms with van der Waals surface area (Å²) >= 11 is 0. The highest BCUT2D eigenvalue weighted by Crippen LogP contribution is 2.21. The Morgan fingerprint density at radius 1 is 1.21 bits per heavy atom. The monoisotopic (exact) mass is 321 g/mol. The molecule has 1 aliphatic rings. The third-order valence-corrected chi connectivity index (χ3v) is 4.42. The first kappa shape index (κ1) is 16.4. The summed E-state index contributed by atoms with van der Waals surface area (Å²) in [7, 11) is 0. The van der Waals surface area contributed by atoms with Gasteiger partial charge in [-0.2, -0.15) is 0 Å². The van der Waals surface area contributed by atoms with Gasteiger partial charge in [-0.25, -0.2) is 9.97 Å². The van der Waals surface area contributed by atoms with Crippen molar-refractivity contribution >= 4 is 12.0 Å². The lowest BCUT2D eigenvalue weighted by molar-refractivity contribution is 0.0742. The van der Waals surface area contributed by atoms with Gasteiger partial charge in [0.05, 0.1) is 11.3 Å². The number of aryl methyl sites for hydroxylation is 2. The third kappa shape index (κ3) is 3.70. The molecule has 4 heteroatoms. The van der Waals surface area contributed by atoms with Crippen LogP contribution in [0.2, 0.25) is 0 Å². The average Bonchev–Trinajstić information content (AvgIpc) is 2.62. The van der Waals surface area contributed by atoms with Crippen LogP contribution >= 0.6 is 0 Å². The van der Waals surface area contributed by atoms with Crippen LogP contribution in [0.25, 0.3) is 6.08 Å². The maximum atomic E-state index is 12.8. The highest BCUT2D eigenvalue weighted by Gasteiger charge is 2.23. The van der Waals surface area contributed by atoms with Crippen molar-refractivity contribution < 1.29 is 4.79 Å². The summed E-state index contributed by atoms with van der Waals surface area (Å²) in [4.78, 5) is 23.3. The van der Waals surface area contributed by atoms with E-state index in [4.69, 9.17) is 0 Å². The zero-order chi connectivity index (χ0) is 16.9. The fourth-order valence-electron chi connectivity index (χ4n) is 3.06. The van der Waals surface area contributed by atoms with Crippen LogP contribution in [0.5, 0.6) is 0 Å². The lowest BCUT2D eigenvalue weighted by atomic mass is 10.00. The van der Waals surface area contributed by atoms with Gasteiger partial charge in [0.1, 0.15) is 5.82 Å². The fraction of sp³-hybridized carbons (Fsp3) is 0.350. The molecular weight excluding hydrogens is 298 g/mol. The first-order chi connectivity index (χ1) is 11.7. The molecule has 2 aromatic rings. The Morgan fingerprint density at radius 2 is 1.92 bits per heavy atom. The molecule has 4 nitrogen and oxygen atoms in total. The molecule has 3 rings (SSSR count). The number of carbonyl (C=O) groups is 1. The number of piperidine rings is 1. The molecule has 1 saturated heterocycles. The maximum Gasteiger partial charge on any atom is 0.257 e. The quantitative estimate of drug-likeness (QED) is 0.866. The average molecular weight is 321 g/mol. The second kappa shape index (κ2) is 7.39. The van der Waals surface area contributed by atoms with E-state index in [1.807, 2.05) is 24.8 Å². The molecule has 0 N–H and O–H groups in total. The van der Waals surface area contributed by atoms with Crippen molar-refractivity contribution in [1.29, 1.82) is 0 Å². The largest absolute Gasteiger partial charge is 0.338 e. The van der Waals surface area contributed by atoms with Crippen LogP contribution in [-0.2, 0) is 6.42 Å². The predicted molar refractivity (Wildman–Crippen MR) is 95.7 cm³/mol. The molecule has 0 unspecified atom stereocenters. The van der Waals surface area contributed by atoms with Gasteiger partial charge in [-0.1, -0.05) is 48.9 Å². The molecule has 0 radical (unpaired) electrons. The second-order valence-corrected chi connectivity index (χ2v) is 6.14. The van der Waals surface area contributed by atoms with Crippen LogP contribution in [0.15, 0.2) is 42.1 Å². The SMILES string of the molecule is CCc1nc(C)ncc1C(=O)N1CCC(=Cc2ccccc2)CC1. The first-order valence-corrected chi connectivity index (χ1v) is 8.53. The number of carbonyl (C=O) groups excluding carboxylic acids is 1. The minimum Gasteiger partial charge on any atom is -0.338 e. The summed E-state index contributed by atoms with van der Waals surface area (Å²) in [6.07, 6.45) is 6.52. The second-order valence-electron chi connectivity index (χ2n) is 6.14. The first-order valence-electron chi connectivity index (χ1n) is 8.53. The summed E-state index contributed by atoms with van der Waals surface area (Å²) in [6.45, 7) is 5.40. The standard InChI is InChI=1S/C20H23N3O/c1-3-19-18(14-21-15(2)22-19)20(24)23-11-9-17(10-12-23)13-16-7-5-4-6-8-16/h4-8,13-14H,3,9-12H2,1-2H3. The number of hydrogen-bond acceptors (Lipinski definition) is 3. The van der Waals surface area contributed by atoms with Gasteiger partial charge in [0.15, 0.2) is 0 Å². The Hall–Kier alpha value is -2.49. The number of amides is 1. The van der Waals surface area contributed by atoms with Crippen LogP contribution in [0.3, 0.4) is 0 Å². The molecule has 1 amide bonds. The molecule has 2 heterocycles. The highest BCUT2D eigenvalue weighted by atomic mass is 16.2. The molecule has 0 atom stereocenters. The molecular formula is C20H23N3O. The molecule has 1 fully saturated rings.